The number of aromatic nitrogens is 3. The number of hydrogen-bond acceptors (Lipinski definition) is 4. The molecular formula is C21H17F4N5O2. The van der Waals surface area contributed by atoms with Gasteiger partial charge in [-0.2, -0.15) is 18.3 Å². The minimum atomic E-state index is -4.71. The molecule has 0 bridgehead atoms. The zero-order valence-corrected chi connectivity index (χ0v) is 16.7. The van der Waals surface area contributed by atoms with Crippen molar-refractivity contribution < 1.29 is 27.2 Å². The molecule has 1 aromatic carbocycles. The van der Waals surface area contributed by atoms with E-state index in [-0.39, 0.29) is 29.5 Å². The van der Waals surface area contributed by atoms with Gasteiger partial charge < -0.3 is 10.2 Å². The number of halogens is 4. The molecule has 0 unspecified atom stereocenters. The summed E-state index contributed by atoms with van der Waals surface area (Å²) in [5.74, 6) is -1.19. The van der Waals surface area contributed by atoms with Gasteiger partial charge in [-0.1, -0.05) is 0 Å². The normalized spacial score (nSPS) is 16.1. The van der Waals surface area contributed by atoms with Crippen LogP contribution in [0.3, 0.4) is 0 Å². The fourth-order valence-corrected chi connectivity index (χ4v) is 3.62. The Balaban J connectivity index is 1.69. The SMILES string of the molecule is C[C@H]1CN(c2ccc(C(F)(F)F)c(CF)c2)C(=O)c2c(C(=O)Nc3ccncc3)cnn21. The van der Waals surface area contributed by atoms with Gasteiger partial charge in [-0.25, -0.2) is 4.39 Å². The van der Waals surface area contributed by atoms with E-state index in [1.165, 1.54) is 28.2 Å². The molecule has 1 aliphatic rings. The molecule has 32 heavy (non-hydrogen) atoms. The van der Waals surface area contributed by atoms with Gasteiger partial charge in [0.05, 0.1) is 23.4 Å². The fourth-order valence-electron chi connectivity index (χ4n) is 3.62. The molecule has 11 heteroatoms. The Morgan fingerprint density at radius 2 is 1.94 bits per heavy atom. The molecule has 3 heterocycles. The van der Waals surface area contributed by atoms with Crippen LogP contribution in [0.25, 0.3) is 0 Å². The van der Waals surface area contributed by atoms with Crippen LogP contribution < -0.4 is 10.2 Å². The topological polar surface area (TPSA) is 80.1 Å². The highest BCUT2D eigenvalue weighted by atomic mass is 19.4. The van der Waals surface area contributed by atoms with Gasteiger partial charge in [0.15, 0.2) is 0 Å². The summed E-state index contributed by atoms with van der Waals surface area (Å²) in [5.41, 5.74) is -1.07. The lowest BCUT2D eigenvalue weighted by atomic mass is 10.0. The minimum absolute atomic E-state index is 0.00278. The molecule has 2 amide bonds. The van der Waals surface area contributed by atoms with Crippen LogP contribution in [0.5, 0.6) is 0 Å². The van der Waals surface area contributed by atoms with Crippen molar-refractivity contribution in [2.75, 3.05) is 16.8 Å². The number of fused-ring (bicyclic) bond motifs is 1. The number of rotatable bonds is 4. The van der Waals surface area contributed by atoms with Crippen molar-refractivity contribution in [1.82, 2.24) is 14.8 Å². The Hall–Kier alpha value is -3.76. The monoisotopic (exact) mass is 447 g/mol. The quantitative estimate of drug-likeness (QED) is 0.607. The van der Waals surface area contributed by atoms with Crippen LogP contribution in [0.15, 0.2) is 48.9 Å². The molecule has 0 radical (unpaired) electrons. The molecule has 2 aromatic heterocycles. The summed E-state index contributed by atoms with van der Waals surface area (Å²) in [4.78, 5) is 31.1. The number of anilines is 2. The van der Waals surface area contributed by atoms with Gasteiger partial charge in [0.2, 0.25) is 0 Å². The van der Waals surface area contributed by atoms with E-state index in [4.69, 9.17) is 0 Å². The van der Waals surface area contributed by atoms with E-state index in [1.807, 2.05) is 0 Å². The summed E-state index contributed by atoms with van der Waals surface area (Å²) in [6, 6.07) is 5.66. The Bertz CT molecular complexity index is 1180. The maximum Gasteiger partial charge on any atom is 0.416 e. The second-order valence-corrected chi connectivity index (χ2v) is 7.28. The van der Waals surface area contributed by atoms with E-state index in [9.17, 15) is 27.2 Å². The second-order valence-electron chi connectivity index (χ2n) is 7.28. The van der Waals surface area contributed by atoms with Crippen LogP contribution in [0.4, 0.5) is 28.9 Å². The third kappa shape index (κ3) is 3.81. The number of alkyl halides is 4. The number of hydrogen-bond donors (Lipinski definition) is 1. The van der Waals surface area contributed by atoms with Crippen LogP contribution in [0.1, 0.15) is 44.9 Å². The van der Waals surface area contributed by atoms with Gasteiger partial charge in [0.25, 0.3) is 11.8 Å². The number of pyridine rings is 1. The Morgan fingerprint density at radius 1 is 1.22 bits per heavy atom. The third-order valence-corrected chi connectivity index (χ3v) is 5.14. The van der Waals surface area contributed by atoms with Crippen LogP contribution in [-0.2, 0) is 12.9 Å². The van der Waals surface area contributed by atoms with Crippen molar-refractivity contribution >= 4 is 23.2 Å². The average Bonchev–Trinajstić information content (AvgIpc) is 3.22. The first-order valence-corrected chi connectivity index (χ1v) is 9.57. The summed E-state index contributed by atoms with van der Waals surface area (Å²) >= 11 is 0. The van der Waals surface area contributed by atoms with Gasteiger partial charge in [-0.05, 0) is 42.8 Å². The second kappa shape index (κ2) is 8.06. The maximum atomic E-state index is 13.3. The van der Waals surface area contributed by atoms with E-state index in [0.29, 0.717) is 5.69 Å². The Morgan fingerprint density at radius 3 is 2.59 bits per heavy atom. The molecule has 1 atom stereocenters. The molecule has 1 N–H and O–H groups in total. The van der Waals surface area contributed by atoms with Gasteiger partial charge in [-0.15, -0.1) is 0 Å². The largest absolute Gasteiger partial charge is 0.416 e. The lowest BCUT2D eigenvalue weighted by Crippen LogP contribution is -2.43. The molecule has 0 spiro atoms. The number of carbonyl (C=O) groups is 2. The minimum Gasteiger partial charge on any atom is -0.322 e. The van der Waals surface area contributed by atoms with Crippen molar-refractivity contribution in [3.05, 3.63) is 71.3 Å². The van der Waals surface area contributed by atoms with Crippen molar-refractivity contribution in [1.29, 1.82) is 0 Å². The van der Waals surface area contributed by atoms with Crippen LogP contribution in [-0.4, -0.2) is 33.1 Å². The first kappa shape index (κ1) is 21.5. The van der Waals surface area contributed by atoms with Crippen LogP contribution in [0.2, 0.25) is 0 Å². The number of carbonyl (C=O) groups excluding carboxylic acids is 2. The standard InChI is InChI=1S/C21H17F4N5O2/c1-12-11-29(15-2-3-17(21(23,24)25)13(8-15)9-22)20(32)18-16(10-27-30(12)18)19(31)28-14-4-6-26-7-5-14/h2-8,10,12H,9,11H2,1H3,(H,26,28,31)/t12-/m0/s1. The number of amides is 2. The summed E-state index contributed by atoms with van der Waals surface area (Å²) in [6.07, 6.45) is -0.463. The number of nitrogens with zero attached hydrogens (tertiary/aromatic N) is 4. The van der Waals surface area contributed by atoms with E-state index in [2.05, 4.69) is 15.4 Å². The fraction of sp³-hybridized carbons (Fsp3) is 0.238. The first-order chi connectivity index (χ1) is 15.2. The van der Waals surface area contributed by atoms with E-state index in [1.54, 1.807) is 19.1 Å². The number of benzene rings is 1. The lowest BCUT2D eigenvalue weighted by molar-refractivity contribution is -0.138. The highest BCUT2D eigenvalue weighted by Crippen LogP contribution is 2.36. The predicted octanol–water partition coefficient (Wildman–Crippen LogP) is 4.24. The first-order valence-electron chi connectivity index (χ1n) is 9.57. The van der Waals surface area contributed by atoms with Gasteiger partial charge in [-0.3, -0.25) is 19.3 Å². The summed E-state index contributed by atoms with van der Waals surface area (Å²) in [7, 11) is 0. The van der Waals surface area contributed by atoms with Gasteiger partial charge in [0.1, 0.15) is 12.4 Å². The van der Waals surface area contributed by atoms with Crippen molar-refractivity contribution in [2.45, 2.75) is 25.8 Å². The van der Waals surface area contributed by atoms with Crippen LogP contribution in [0, 0.1) is 0 Å². The smallest absolute Gasteiger partial charge is 0.322 e. The molecular weight excluding hydrogens is 430 g/mol. The zero-order chi connectivity index (χ0) is 23.0. The Labute approximate surface area is 179 Å². The van der Waals surface area contributed by atoms with E-state index < -0.39 is 35.8 Å². The van der Waals surface area contributed by atoms with Gasteiger partial charge in [0, 0.05) is 30.3 Å². The molecule has 166 valence electrons. The molecule has 7 nitrogen and oxygen atoms in total. The molecule has 0 aliphatic carbocycles. The van der Waals surface area contributed by atoms with Gasteiger partial charge >= 0.3 is 6.18 Å². The maximum absolute atomic E-state index is 13.3. The highest BCUT2D eigenvalue weighted by molar-refractivity contribution is 6.15. The predicted molar refractivity (Wildman–Crippen MR) is 107 cm³/mol. The van der Waals surface area contributed by atoms with Crippen molar-refractivity contribution in [3.63, 3.8) is 0 Å². The highest BCUT2D eigenvalue weighted by Gasteiger charge is 2.37. The lowest BCUT2D eigenvalue weighted by Gasteiger charge is -2.32. The summed E-state index contributed by atoms with van der Waals surface area (Å²) in [5, 5.41) is 6.80. The van der Waals surface area contributed by atoms with E-state index >= 15 is 0 Å². The molecule has 0 saturated heterocycles. The molecule has 3 aromatic rings. The molecule has 0 fully saturated rings. The molecule has 1 aliphatic heterocycles. The third-order valence-electron chi connectivity index (χ3n) is 5.14. The number of nitrogens with one attached hydrogen (secondary N) is 1. The molecule has 4 rings (SSSR count). The van der Waals surface area contributed by atoms with Crippen LogP contribution >= 0.6 is 0 Å². The van der Waals surface area contributed by atoms with Crippen molar-refractivity contribution in [3.8, 4) is 0 Å². The zero-order valence-electron chi connectivity index (χ0n) is 16.7. The Kier molecular flexibility index (Phi) is 5.41. The summed E-state index contributed by atoms with van der Waals surface area (Å²) < 4.78 is 54.1. The summed E-state index contributed by atoms with van der Waals surface area (Å²) in [6.45, 7) is 0.508. The average molecular weight is 447 g/mol. The van der Waals surface area contributed by atoms with E-state index in [0.717, 1.165) is 18.2 Å². The molecule has 0 saturated carbocycles. The van der Waals surface area contributed by atoms with Crippen molar-refractivity contribution in [2.24, 2.45) is 0 Å².